The molecule has 0 amide bonds. The molecule has 0 aromatic heterocycles. The second kappa shape index (κ2) is 9.56. The summed E-state index contributed by atoms with van der Waals surface area (Å²) in [5.74, 6) is 0.960. The Kier molecular flexibility index (Phi) is 7.13. The molecule has 3 rings (SSSR count). The van der Waals surface area contributed by atoms with Crippen LogP contribution in [0.4, 0.5) is 0 Å². The number of guanidine groups is 1. The molecule has 1 aliphatic carbocycles. The molecule has 5 nitrogen and oxygen atoms in total. The maximum absolute atomic E-state index is 5.03. The van der Waals surface area contributed by atoms with Crippen LogP contribution in [0.1, 0.15) is 38.2 Å². The average molecular weight is 372 g/mol. The lowest BCUT2D eigenvalue weighted by Crippen LogP contribution is -2.55. The highest BCUT2D eigenvalue weighted by atomic mass is 15.3. The molecule has 1 aromatic rings. The Hall–Kier alpha value is -1.59. The van der Waals surface area contributed by atoms with Crippen molar-refractivity contribution in [2.24, 2.45) is 4.99 Å². The lowest BCUT2D eigenvalue weighted by atomic mass is 9.79. The zero-order valence-corrected chi connectivity index (χ0v) is 17.4. The van der Waals surface area contributed by atoms with Crippen LogP contribution >= 0.6 is 0 Å². The van der Waals surface area contributed by atoms with E-state index in [1.807, 2.05) is 0 Å². The van der Waals surface area contributed by atoms with Crippen molar-refractivity contribution in [1.29, 1.82) is 0 Å². The first-order chi connectivity index (χ1) is 13.1. The standard InChI is InChI=1S/C22H37N5/c1-4-23-21(24-16-20-17-26(2)14-15-27(20)3)25-18-22(12-8-9-13-22)19-10-6-5-7-11-19/h5-7,10-11,20H,4,8-9,12-18H2,1-3H3,(H2,23,24,25). The number of rotatable bonds is 6. The van der Waals surface area contributed by atoms with Crippen LogP contribution in [0.15, 0.2) is 35.3 Å². The molecule has 2 aliphatic rings. The van der Waals surface area contributed by atoms with E-state index in [1.165, 1.54) is 31.2 Å². The highest BCUT2D eigenvalue weighted by Crippen LogP contribution is 2.41. The van der Waals surface area contributed by atoms with E-state index in [9.17, 15) is 0 Å². The Labute approximate surface area is 165 Å². The van der Waals surface area contributed by atoms with Gasteiger partial charge in [0.1, 0.15) is 0 Å². The zero-order valence-electron chi connectivity index (χ0n) is 17.4. The predicted octanol–water partition coefficient (Wildman–Crippen LogP) is 2.30. The Morgan fingerprint density at radius 2 is 1.85 bits per heavy atom. The van der Waals surface area contributed by atoms with Crippen molar-refractivity contribution in [3.8, 4) is 0 Å². The molecular formula is C22H37N5. The van der Waals surface area contributed by atoms with Crippen molar-refractivity contribution in [2.75, 3.05) is 53.4 Å². The van der Waals surface area contributed by atoms with Gasteiger partial charge >= 0.3 is 0 Å². The SMILES string of the molecule is CCNC(=NCC1(c2ccccc2)CCCC1)NCC1CN(C)CCN1C. The van der Waals surface area contributed by atoms with Crippen LogP contribution in [0, 0.1) is 0 Å². The van der Waals surface area contributed by atoms with E-state index >= 15 is 0 Å². The van der Waals surface area contributed by atoms with Crippen LogP contribution in [-0.2, 0) is 5.41 Å². The van der Waals surface area contributed by atoms with E-state index in [1.54, 1.807) is 0 Å². The van der Waals surface area contributed by atoms with Crippen LogP contribution in [0.25, 0.3) is 0 Å². The van der Waals surface area contributed by atoms with E-state index in [2.05, 4.69) is 71.8 Å². The number of likely N-dealkylation sites (N-methyl/N-ethyl adjacent to an activating group) is 2. The van der Waals surface area contributed by atoms with Crippen LogP contribution in [-0.4, -0.2) is 75.2 Å². The van der Waals surface area contributed by atoms with E-state index in [0.717, 1.165) is 45.2 Å². The molecule has 0 radical (unpaired) electrons. The third-order valence-corrected chi connectivity index (χ3v) is 6.32. The van der Waals surface area contributed by atoms with Gasteiger partial charge in [-0.1, -0.05) is 43.2 Å². The number of piperazine rings is 1. The molecule has 5 heteroatoms. The van der Waals surface area contributed by atoms with Gasteiger partial charge in [0.25, 0.3) is 0 Å². The number of hydrogen-bond acceptors (Lipinski definition) is 3. The molecule has 27 heavy (non-hydrogen) atoms. The van der Waals surface area contributed by atoms with E-state index in [4.69, 9.17) is 4.99 Å². The number of hydrogen-bond donors (Lipinski definition) is 2. The third kappa shape index (κ3) is 5.23. The summed E-state index contributed by atoms with van der Waals surface area (Å²) in [5.41, 5.74) is 1.67. The summed E-state index contributed by atoms with van der Waals surface area (Å²) in [6.07, 6.45) is 5.12. The fraction of sp³-hybridized carbons (Fsp3) is 0.682. The smallest absolute Gasteiger partial charge is 0.191 e. The molecule has 1 aromatic carbocycles. The lowest BCUT2D eigenvalue weighted by Gasteiger charge is -2.38. The Bertz CT molecular complexity index is 594. The summed E-state index contributed by atoms with van der Waals surface area (Å²) >= 11 is 0. The first-order valence-electron chi connectivity index (χ1n) is 10.6. The highest BCUT2D eigenvalue weighted by molar-refractivity contribution is 5.79. The molecule has 2 fully saturated rings. The fourth-order valence-electron chi connectivity index (χ4n) is 4.49. The van der Waals surface area contributed by atoms with Gasteiger partial charge in [-0.2, -0.15) is 0 Å². The van der Waals surface area contributed by atoms with Gasteiger partial charge in [-0.3, -0.25) is 9.89 Å². The largest absolute Gasteiger partial charge is 0.357 e. The van der Waals surface area contributed by atoms with Crippen molar-refractivity contribution in [3.05, 3.63) is 35.9 Å². The Balaban J connectivity index is 1.65. The third-order valence-electron chi connectivity index (χ3n) is 6.32. The van der Waals surface area contributed by atoms with Gasteiger partial charge in [0.2, 0.25) is 0 Å². The number of nitrogens with one attached hydrogen (secondary N) is 2. The van der Waals surface area contributed by atoms with Crippen LogP contribution < -0.4 is 10.6 Å². The first kappa shape index (κ1) is 20.2. The molecule has 1 saturated heterocycles. The number of aliphatic imine (C=N–C) groups is 1. The molecule has 0 bridgehead atoms. The summed E-state index contributed by atoms with van der Waals surface area (Å²) in [7, 11) is 4.44. The molecule has 1 unspecified atom stereocenters. The van der Waals surface area contributed by atoms with Crippen molar-refractivity contribution >= 4 is 5.96 Å². The molecule has 1 saturated carbocycles. The topological polar surface area (TPSA) is 42.9 Å². The van der Waals surface area contributed by atoms with Crippen LogP contribution in [0.5, 0.6) is 0 Å². The summed E-state index contributed by atoms with van der Waals surface area (Å²) in [6.45, 7) is 8.23. The zero-order chi connectivity index (χ0) is 19.1. The van der Waals surface area contributed by atoms with E-state index < -0.39 is 0 Å². The lowest BCUT2D eigenvalue weighted by molar-refractivity contribution is 0.116. The van der Waals surface area contributed by atoms with Crippen molar-refractivity contribution in [1.82, 2.24) is 20.4 Å². The van der Waals surface area contributed by atoms with Gasteiger partial charge < -0.3 is 15.5 Å². The molecule has 1 heterocycles. The normalized spacial score (nSPS) is 24.1. The fourth-order valence-corrected chi connectivity index (χ4v) is 4.49. The van der Waals surface area contributed by atoms with Gasteiger partial charge in [0.05, 0.1) is 6.54 Å². The minimum atomic E-state index is 0.214. The quantitative estimate of drug-likeness (QED) is 0.595. The maximum atomic E-state index is 5.03. The Morgan fingerprint density at radius 3 is 2.56 bits per heavy atom. The van der Waals surface area contributed by atoms with Crippen molar-refractivity contribution < 1.29 is 0 Å². The van der Waals surface area contributed by atoms with Gasteiger partial charge in [-0.25, -0.2) is 0 Å². The molecule has 150 valence electrons. The van der Waals surface area contributed by atoms with Crippen molar-refractivity contribution in [3.63, 3.8) is 0 Å². The second-order valence-corrected chi connectivity index (χ2v) is 8.33. The number of nitrogens with zero attached hydrogens (tertiary/aromatic N) is 3. The van der Waals surface area contributed by atoms with E-state index in [0.29, 0.717) is 6.04 Å². The monoisotopic (exact) mass is 371 g/mol. The molecule has 1 aliphatic heterocycles. The van der Waals surface area contributed by atoms with E-state index in [-0.39, 0.29) is 5.41 Å². The van der Waals surface area contributed by atoms with Crippen LogP contribution in [0.3, 0.4) is 0 Å². The Morgan fingerprint density at radius 1 is 1.11 bits per heavy atom. The number of benzene rings is 1. The summed E-state index contributed by atoms with van der Waals surface area (Å²) in [5, 5.41) is 7.05. The molecule has 1 atom stereocenters. The summed E-state index contributed by atoms with van der Waals surface area (Å²) < 4.78 is 0. The summed E-state index contributed by atoms with van der Waals surface area (Å²) in [6, 6.07) is 11.5. The first-order valence-corrected chi connectivity index (χ1v) is 10.6. The second-order valence-electron chi connectivity index (χ2n) is 8.33. The van der Waals surface area contributed by atoms with Gasteiger partial charge in [0, 0.05) is 44.2 Å². The maximum Gasteiger partial charge on any atom is 0.191 e. The van der Waals surface area contributed by atoms with Gasteiger partial charge in [-0.15, -0.1) is 0 Å². The van der Waals surface area contributed by atoms with Crippen molar-refractivity contribution in [2.45, 2.75) is 44.1 Å². The summed E-state index contributed by atoms with van der Waals surface area (Å²) in [4.78, 5) is 9.91. The highest BCUT2D eigenvalue weighted by Gasteiger charge is 2.35. The van der Waals surface area contributed by atoms with Gasteiger partial charge in [-0.05, 0) is 39.4 Å². The molecular weight excluding hydrogens is 334 g/mol. The van der Waals surface area contributed by atoms with Crippen LogP contribution in [0.2, 0.25) is 0 Å². The minimum absolute atomic E-state index is 0.214. The average Bonchev–Trinajstić information content (AvgIpc) is 3.17. The molecule has 0 spiro atoms. The minimum Gasteiger partial charge on any atom is -0.357 e. The predicted molar refractivity (Wildman–Crippen MR) is 114 cm³/mol. The molecule has 2 N–H and O–H groups in total. The van der Waals surface area contributed by atoms with Gasteiger partial charge in [0.15, 0.2) is 5.96 Å².